The molecule has 1 rings (SSSR count). The van der Waals surface area contributed by atoms with Crippen LogP contribution in [0.4, 0.5) is 0 Å². The van der Waals surface area contributed by atoms with Crippen molar-refractivity contribution in [3.05, 3.63) is 28.7 Å². The van der Waals surface area contributed by atoms with E-state index in [1.165, 1.54) is 22.9 Å². The molecule has 0 aromatic carbocycles. The molecule has 0 saturated carbocycles. The standard InChI is InChI=1S/C6H7NO2/c1-7-4-5(8)2-3-6(7)9/h2-4,8H,1H3. The zero-order chi connectivity index (χ0) is 6.85. The molecule has 0 atom stereocenters. The minimum atomic E-state index is -0.118. The van der Waals surface area contributed by atoms with Crippen LogP contribution >= 0.6 is 0 Å². The zero-order valence-electron chi connectivity index (χ0n) is 5.03. The number of aromatic hydroxyl groups is 1. The Morgan fingerprint density at radius 3 is 2.67 bits per heavy atom. The highest BCUT2D eigenvalue weighted by Crippen LogP contribution is 1.99. The molecule has 0 saturated heterocycles. The maximum atomic E-state index is 10.6. The first-order valence-electron chi connectivity index (χ1n) is 2.56. The molecule has 3 heteroatoms. The predicted molar refractivity (Wildman–Crippen MR) is 33.3 cm³/mol. The molecule has 48 valence electrons. The Kier molecular flexibility index (Phi) is 1.26. The molecular weight excluding hydrogens is 118 g/mol. The number of aromatic nitrogens is 1. The highest BCUT2D eigenvalue weighted by atomic mass is 16.3. The third-order valence-corrected chi connectivity index (χ3v) is 1.07. The van der Waals surface area contributed by atoms with Crippen LogP contribution in [0.1, 0.15) is 0 Å². The Labute approximate surface area is 52.2 Å². The van der Waals surface area contributed by atoms with Gasteiger partial charge in [-0.2, -0.15) is 0 Å². The smallest absolute Gasteiger partial charge is 0.250 e. The van der Waals surface area contributed by atoms with Gasteiger partial charge >= 0.3 is 0 Å². The van der Waals surface area contributed by atoms with Gasteiger partial charge in [-0.1, -0.05) is 0 Å². The maximum absolute atomic E-state index is 10.6. The Bertz CT molecular complexity index is 264. The molecule has 0 fully saturated rings. The van der Waals surface area contributed by atoms with Gasteiger partial charge in [-0.25, -0.2) is 0 Å². The van der Waals surface area contributed by atoms with Crippen molar-refractivity contribution in [3.63, 3.8) is 0 Å². The molecule has 0 unspecified atom stereocenters. The van der Waals surface area contributed by atoms with Crippen LogP contribution in [0.5, 0.6) is 5.75 Å². The number of hydrogen-bond donors (Lipinski definition) is 1. The number of pyridine rings is 1. The van der Waals surface area contributed by atoms with Crippen LogP contribution in [-0.4, -0.2) is 9.67 Å². The number of aryl methyl sites for hydroxylation is 1. The van der Waals surface area contributed by atoms with E-state index < -0.39 is 0 Å². The SMILES string of the molecule is Cn1cc(O)ccc1=O. The second-order valence-electron chi connectivity index (χ2n) is 1.84. The Hall–Kier alpha value is -1.25. The topological polar surface area (TPSA) is 42.2 Å². The van der Waals surface area contributed by atoms with E-state index in [2.05, 4.69) is 0 Å². The van der Waals surface area contributed by atoms with Crippen molar-refractivity contribution in [1.82, 2.24) is 4.57 Å². The van der Waals surface area contributed by atoms with Gasteiger partial charge in [-0.3, -0.25) is 4.79 Å². The molecule has 0 spiro atoms. The summed E-state index contributed by atoms with van der Waals surface area (Å²) in [6.45, 7) is 0. The van der Waals surface area contributed by atoms with Gasteiger partial charge in [0.1, 0.15) is 5.75 Å². The van der Waals surface area contributed by atoms with Gasteiger partial charge in [-0.05, 0) is 6.07 Å². The van der Waals surface area contributed by atoms with Crippen molar-refractivity contribution < 1.29 is 5.11 Å². The van der Waals surface area contributed by atoms with Crippen LogP contribution in [0.25, 0.3) is 0 Å². The van der Waals surface area contributed by atoms with Crippen molar-refractivity contribution in [3.8, 4) is 5.75 Å². The van der Waals surface area contributed by atoms with Crippen molar-refractivity contribution >= 4 is 0 Å². The number of rotatable bonds is 0. The second kappa shape index (κ2) is 1.93. The summed E-state index contributed by atoms with van der Waals surface area (Å²) < 4.78 is 1.31. The van der Waals surface area contributed by atoms with Crippen molar-refractivity contribution in [2.75, 3.05) is 0 Å². The second-order valence-corrected chi connectivity index (χ2v) is 1.84. The summed E-state index contributed by atoms with van der Waals surface area (Å²) in [5.74, 6) is 0.108. The minimum absolute atomic E-state index is 0.108. The molecule has 0 amide bonds. The molecule has 0 radical (unpaired) electrons. The predicted octanol–water partition coefficient (Wildman–Crippen LogP) is 0.0909. The highest BCUT2D eigenvalue weighted by molar-refractivity contribution is 5.13. The fraction of sp³-hybridized carbons (Fsp3) is 0.167. The van der Waals surface area contributed by atoms with Crippen LogP contribution in [0, 0.1) is 0 Å². The van der Waals surface area contributed by atoms with E-state index in [9.17, 15) is 4.79 Å². The maximum Gasteiger partial charge on any atom is 0.250 e. The van der Waals surface area contributed by atoms with Crippen LogP contribution in [0.15, 0.2) is 23.1 Å². The van der Waals surface area contributed by atoms with E-state index in [0.29, 0.717) is 0 Å². The van der Waals surface area contributed by atoms with Crippen molar-refractivity contribution in [1.29, 1.82) is 0 Å². The summed E-state index contributed by atoms with van der Waals surface area (Å²) in [6.07, 6.45) is 1.36. The lowest BCUT2D eigenvalue weighted by molar-refractivity contribution is 0.468. The highest BCUT2D eigenvalue weighted by Gasteiger charge is 1.88. The first kappa shape index (κ1) is 5.88. The molecule has 3 nitrogen and oxygen atoms in total. The Balaban J connectivity index is 3.34. The molecule has 1 heterocycles. The van der Waals surface area contributed by atoms with E-state index in [0.717, 1.165) is 0 Å². The quantitative estimate of drug-likeness (QED) is 0.534. The third-order valence-electron chi connectivity index (χ3n) is 1.07. The van der Waals surface area contributed by atoms with Crippen LogP contribution in [-0.2, 0) is 7.05 Å². The van der Waals surface area contributed by atoms with E-state index >= 15 is 0 Å². The van der Waals surface area contributed by atoms with E-state index in [4.69, 9.17) is 5.11 Å². The fourth-order valence-corrected chi connectivity index (χ4v) is 0.579. The first-order valence-corrected chi connectivity index (χ1v) is 2.56. The van der Waals surface area contributed by atoms with Gasteiger partial charge in [-0.15, -0.1) is 0 Å². The monoisotopic (exact) mass is 125 g/mol. The fourth-order valence-electron chi connectivity index (χ4n) is 0.579. The van der Waals surface area contributed by atoms with Gasteiger partial charge in [0.05, 0.1) is 0 Å². The molecular formula is C6H7NO2. The van der Waals surface area contributed by atoms with E-state index in [-0.39, 0.29) is 11.3 Å². The van der Waals surface area contributed by atoms with E-state index in [1.807, 2.05) is 0 Å². The summed E-state index contributed by atoms with van der Waals surface area (Å²) in [5.41, 5.74) is -0.118. The number of hydrogen-bond acceptors (Lipinski definition) is 2. The van der Waals surface area contributed by atoms with Crippen LogP contribution in [0.2, 0.25) is 0 Å². The molecule has 9 heavy (non-hydrogen) atoms. The summed E-state index contributed by atoms with van der Waals surface area (Å²) >= 11 is 0. The zero-order valence-corrected chi connectivity index (χ0v) is 5.03. The number of nitrogens with zero attached hydrogens (tertiary/aromatic N) is 1. The molecule has 0 aliphatic rings. The van der Waals surface area contributed by atoms with Crippen LogP contribution in [0.3, 0.4) is 0 Å². The molecule has 0 bridgehead atoms. The van der Waals surface area contributed by atoms with Gasteiger partial charge in [0.25, 0.3) is 0 Å². The Morgan fingerprint density at radius 1 is 1.56 bits per heavy atom. The van der Waals surface area contributed by atoms with E-state index in [1.54, 1.807) is 7.05 Å². The summed E-state index contributed by atoms with van der Waals surface area (Å²) in [7, 11) is 1.59. The molecule has 0 aliphatic heterocycles. The first-order chi connectivity index (χ1) is 4.20. The molecule has 1 aromatic heterocycles. The molecule has 0 aliphatic carbocycles. The third kappa shape index (κ3) is 1.10. The van der Waals surface area contributed by atoms with Crippen LogP contribution < -0.4 is 5.56 Å². The molecule has 1 N–H and O–H groups in total. The van der Waals surface area contributed by atoms with Gasteiger partial charge in [0.2, 0.25) is 5.56 Å². The summed E-state index contributed by atoms with van der Waals surface area (Å²) in [6, 6.07) is 2.68. The average molecular weight is 125 g/mol. The molecule has 1 aromatic rings. The average Bonchev–Trinajstić information content (AvgIpc) is 1.80. The van der Waals surface area contributed by atoms with Gasteiger partial charge in [0.15, 0.2) is 0 Å². The summed E-state index contributed by atoms with van der Waals surface area (Å²) in [5, 5.41) is 8.78. The Morgan fingerprint density at radius 2 is 2.22 bits per heavy atom. The van der Waals surface area contributed by atoms with Gasteiger partial charge < -0.3 is 9.67 Å². The van der Waals surface area contributed by atoms with Crippen molar-refractivity contribution in [2.45, 2.75) is 0 Å². The lowest BCUT2D eigenvalue weighted by Crippen LogP contribution is -2.12. The van der Waals surface area contributed by atoms with Gasteiger partial charge in [0, 0.05) is 19.3 Å². The summed E-state index contributed by atoms with van der Waals surface area (Å²) in [4.78, 5) is 10.6. The minimum Gasteiger partial charge on any atom is -0.506 e. The lowest BCUT2D eigenvalue weighted by Gasteiger charge is -1.94. The normalized spacial score (nSPS) is 9.44. The lowest BCUT2D eigenvalue weighted by atomic mass is 10.4. The van der Waals surface area contributed by atoms with Crippen molar-refractivity contribution in [2.24, 2.45) is 7.05 Å². The largest absolute Gasteiger partial charge is 0.506 e.